The first-order chi connectivity index (χ1) is 12.6. The Morgan fingerprint density at radius 2 is 1.78 bits per heavy atom. The molecule has 0 unspecified atom stereocenters. The van der Waals surface area contributed by atoms with Crippen LogP contribution in [0.15, 0.2) is 50.7 Å². The van der Waals surface area contributed by atoms with Gasteiger partial charge in [-0.3, -0.25) is 0 Å². The molecule has 0 spiro atoms. The van der Waals surface area contributed by atoms with Crippen LogP contribution in [0.2, 0.25) is 5.02 Å². The molecule has 0 radical (unpaired) electrons. The van der Waals surface area contributed by atoms with Gasteiger partial charge in [-0.1, -0.05) is 11.6 Å². The van der Waals surface area contributed by atoms with Crippen LogP contribution >= 0.6 is 11.6 Å². The number of oxazole rings is 1. The average molecular weight is 416 g/mol. The first-order valence-corrected chi connectivity index (χ1v) is 9.64. The number of sulfone groups is 1. The zero-order valence-corrected chi connectivity index (χ0v) is 15.6. The van der Waals surface area contributed by atoms with Gasteiger partial charge in [0.2, 0.25) is 0 Å². The molecule has 0 saturated heterocycles. The molecule has 3 rings (SSSR count). The second kappa shape index (κ2) is 6.82. The smallest absolute Gasteiger partial charge is 0.424 e. The first kappa shape index (κ1) is 19.1. The molecule has 10 heteroatoms. The van der Waals surface area contributed by atoms with Crippen molar-refractivity contribution in [3.05, 3.63) is 63.8 Å². The highest BCUT2D eigenvalue weighted by molar-refractivity contribution is 7.90. The number of nitrogens with zero attached hydrogens (tertiary/aromatic N) is 1. The lowest BCUT2D eigenvalue weighted by atomic mass is 10.1. The minimum absolute atomic E-state index is 0.0160. The lowest BCUT2D eigenvalue weighted by molar-refractivity contribution is 0.414. The van der Waals surface area contributed by atoms with E-state index in [0.29, 0.717) is 11.3 Å². The molecule has 2 aromatic carbocycles. The number of hydrogen-bond donors (Lipinski definition) is 0. The van der Waals surface area contributed by atoms with E-state index in [9.17, 15) is 22.0 Å². The summed E-state index contributed by atoms with van der Waals surface area (Å²) in [5, 5.41) is 0.300. The number of rotatable bonds is 4. The van der Waals surface area contributed by atoms with E-state index in [0.717, 1.165) is 23.0 Å². The summed E-state index contributed by atoms with van der Waals surface area (Å²) in [6, 6.07) is 6.04. The summed E-state index contributed by atoms with van der Waals surface area (Å²) >= 11 is 5.96. The highest BCUT2D eigenvalue weighted by atomic mass is 35.5. The van der Waals surface area contributed by atoms with Crippen molar-refractivity contribution in [1.29, 1.82) is 0 Å². The van der Waals surface area contributed by atoms with Crippen molar-refractivity contribution < 1.29 is 26.4 Å². The molecule has 1 heterocycles. The van der Waals surface area contributed by atoms with E-state index in [4.69, 9.17) is 20.8 Å². The van der Waals surface area contributed by atoms with E-state index in [2.05, 4.69) is 0 Å². The highest BCUT2D eigenvalue weighted by Gasteiger charge is 2.23. The van der Waals surface area contributed by atoms with E-state index < -0.39 is 32.1 Å². The van der Waals surface area contributed by atoms with Crippen LogP contribution in [0.3, 0.4) is 0 Å². The van der Waals surface area contributed by atoms with Crippen LogP contribution in [-0.2, 0) is 9.84 Å². The molecule has 0 atom stereocenters. The fourth-order valence-corrected chi connectivity index (χ4v) is 3.62. The van der Waals surface area contributed by atoms with Gasteiger partial charge >= 0.3 is 5.76 Å². The molecule has 1 aromatic heterocycles. The van der Waals surface area contributed by atoms with Gasteiger partial charge in [-0.15, -0.1) is 0 Å². The summed E-state index contributed by atoms with van der Waals surface area (Å²) in [5.41, 5.74) is 0.206. The van der Waals surface area contributed by atoms with Gasteiger partial charge in [0.1, 0.15) is 28.5 Å². The molecule has 6 nitrogen and oxygen atoms in total. The molecule has 0 aliphatic heterocycles. The van der Waals surface area contributed by atoms with Gasteiger partial charge in [0.15, 0.2) is 9.84 Å². The minimum Gasteiger partial charge on any atom is -0.495 e. The summed E-state index contributed by atoms with van der Waals surface area (Å²) in [6.45, 7) is 0. The van der Waals surface area contributed by atoms with Crippen LogP contribution in [0.5, 0.6) is 5.75 Å². The van der Waals surface area contributed by atoms with Crippen LogP contribution < -0.4 is 10.5 Å². The number of ether oxygens (including phenoxy) is 1. The summed E-state index contributed by atoms with van der Waals surface area (Å²) in [5.74, 6) is -3.09. The second-order valence-corrected chi connectivity index (χ2v) is 7.94. The predicted molar refractivity (Wildman–Crippen MR) is 94.3 cm³/mol. The maximum atomic E-state index is 14.2. The summed E-state index contributed by atoms with van der Waals surface area (Å²) in [4.78, 5) is 11.1. The van der Waals surface area contributed by atoms with Gasteiger partial charge in [-0.2, -0.15) is 0 Å². The van der Waals surface area contributed by atoms with Crippen LogP contribution in [0, 0.1) is 11.6 Å². The summed E-state index contributed by atoms with van der Waals surface area (Å²) in [7, 11) is -2.72. The van der Waals surface area contributed by atoms with Crippen molar-refractivity contribution in [2.24, 2.45) is 0 Å². The van der Waals surface area contributed by atoms with Gasteiger partial charge in [-0.05, 0) is 24.3 Å². The fraction of sp³-hybridized carbons (Fsp3) is 0.118. The molecule has 0 amide bonds. The zero-order chi connectivity index (χ0) is 19.9. The van der Waals surface area contributed by atoms with Gasteiger partial charge in [0, 0.05) is 17.9 Å². The molecule has 0 fully saturated rings. The Hall–Kier alpha value is -2.65. The average Bonchev–Trinajstić information content (AvgIpc) is 2.95. The van der Waals surface area contributed by atoms with E-state index in [1.165, 1.54) is 25.3 Å². The van der Waals surface area contributed by atoms with E-state index in [-0.39, 0.29) is 22.7 Å². The molecule has 0 saturated carbocycles. The van der Waals surface area contributed by atoms with Crippen molar-refractivity contribution in [3.63, 3.8) is 0 Å². The maximum absolute atomic E-state index is 14.2. The highest BCUT2D eigenvalue weighted by Crippen LogP contribution is 2.31. The standard InChI is InChI=1S/C17H12ClF2NO5S/c1-25-15-7-10(3-4-11(15)18)21-14(8-26-17(21)22)9-5-12(19)16(13(20)6-9)27(2,23)24/h3-8H,1-2H3. The Kier molecular flexibility index (Phi) is 4.83. The van der Waals surface area contributed by atoms with Crippen molar-refractivity contribution in [1.82, 2.24) is 4.57 Å². The number of methoxy groups -OCH3 is 1. The Labute approximate surface area is 157 Å². The minimum atomic E-state index is -4.11. The molecule has 0 N–H and O–H groups in total. The van der Waals surface area contributed by atoms with Gasteiger partial charge in [0.25, 0.3) is 0 Å². The second-order valence-electron chi connectivity index (χ2n) is 5.58. The van der Waals surface area contributed by atoms with Crippen LogP contribution in [0.4, 0.5) is 8.78 Å². The third-order valence-electron chi connectivity index (χ3n) is 3.75. The fourth-order valence-electron chi connectivity index (χ4n) is 2.60. The SMILES string of the molecule is COc1cc(-n2c(-c3cc(F)c(S(C)(=O)=O)c(F)c3)coc2=O)ccc1Cl. The van der Waals surface area contributed by atoms with Gasteiger partial charge < -0.3 is 9.15 Å². The summed E-state index contributed by atoms with van der Waals surface area (Å²) < 4.78 is 62.5. The van der Waals surface area contributed by atoms with Gasteiger partial charge in [-0.25, -0.2) is 26.6 Å². The normalized spacial score (nSPS) is 11.6. The Balaban J connectivity index is 2.23. The monoisotopic (exact) mass is 415 g/mol. The van der Waals surface area contributed by atoms with E-state index >= 15 is 0 Å². The zero-order valence-electron chi connectivity index (χ0n) is 14.0. The number of hydrogen-bond acceptors (Lipinski definition) is 5. The maximum Gasteiger partial charge on any atom is 0.424 e. The quantitative estimate of drug-likeness (QED) is 0.652. The van der Waals surface area contributed by atoms with Crippen molar-refractivity contribution in [2.45, 2.75) is 4.90 Å². The Bertz CT molecular complexity index is 1180. The van der Waals surface area contributed by atoms with Crippen LogP contribution in [0.1, 0.15) is 0 Å². The molecule has 0 bridgehead atoms. The molecule has 0 aliphatic rings. The molecular formula is C17H12ClF2NO5S. The van der Waals surface area contributed by atoms with Crippen molar-refractivity contribution >= 4 is 21.4 Å². The van der Waals surface area contributed by atoms with Crippen LogP contribution in [-0.4, -0.2) is 26.4 Å². The first-order valence-electron chi connectivity index (χ1n) is 7.37. The molecule has 142 valence electrons. The van der Waals surface area contributed by atoms with Crippen molar-refractivity contribution in [2.75, 3.05) is 13.4 Å². The predicted octanol–water partition coefficient (Wildman–Crippen LogP) is 3.44. The Morgan fingerprint density at radius 1 is 1.15 bits per heavy atom. The lowest BCUT2D eigenvalue weighted by Crippen LogP contribution is -2.13. The van der Waals surface area contributed by atoms with Gasteiger partial charge in [0.05, 0.1) is 23.5 Å². The van der Waals surface area contributed by atoms with E-state index in [1.807, 2.05) is 0 Å². The third-order valence-corrected chi connectivity index (χ3v) is 5.20. The topological polar surface area (TPSA) is 78.5 Å². The molecular weight excluding hydrogens is 404 g/mol. The number of halogens is 3. The molecule has 27 heavy (non-hydrogen) atoms. The third kappa shape index (κ3) is 3.47. The molecule has 3 aromatic rings. The number of benzene rings is 2. The largest absolute Gasteiger partial charge is 0.495 e. The van der Waals surface area contributed by atoms with Crippen LogP contribution in [0.25, 0.3) is 16.9 Å². The summed E-state index contributed by atoms with van der Waals surface area (Å²) in [6.07, 6.45) is 1.71. The number of aromatic nitrogens is 1. The molecule has 0 aliphatic carbocycles. The van der Waals surface area contributed by atoms with E-state index in [1.54, 1.807) is 0 Å². The van der Waals surface area contributed by atoms with Crippen molar-refractivity contribution in [3.8, 4) is 22.7 Å². The lowest BCUT2D eigenvalue weighted by Gasteiger charge is -2.10. The Morgan fingerprint density at radius 3 is 2.33 bits per heavy atom.